The second-order valence-corrected chi connectivity index (χ2v) is 4.07. The van der Waals surface area contributed by atoms with Crippen molar-refractivity contribution >= 4 is 5.71 Å². The van der Waals surface area contributed by atoms with Gasteiger partial charge in [0.1, 0.15) is 0 Å². The van der Waals surface area contributed by atoms with E-state index in [-0.39, 0.29) is 0 Å². The van der Waals surface area contributed by atoms with Gasteiger partial charge in [-0.3, -0.25) is 4.99 Å². The Morgan fingerprint density at radius 1 is 1.06 bits per heavy atom. The smallest absolute Gasteiger partial charge is 0.0729 e. The van der Waals surface area contributed by atoms with Crippen LogP contribution in [0.25, 0.3) is 0 Å². The van der Waals surface area contributed by atoms with Gasteiger partial charge in [-0.15, -0.1) is 0 Å². The molecule has 0 aromatic rings. The molecule has 0 aliphatic carbocycles. The lowest BCUT2D eigenvalue weighted by molar-refractivity contribution is 1.21. The molecule has 0 rings (SSSR count). The first-order valence-corrected chi connectivity index (χ1v) is 5.62. The van der Waals surface area contributed by atoms with Crippen LogP contribution in [0.2, 0.25) is 0 Å². The van der Waals surface area contributed by atoms with E-state index in [1.54, 1.807) is 0 Å². The minimum atomic E-state index is 1.02. The van der Waals surface area contributed by atoms with Crippen molar-refractivity contribution in [1.82, 2.24) is 0 Å². The lowest BCUT2D eigenvalue weighted by Gasteiger charge is -2.10. The van der Waals surface area contributed by atoms with Crippen LogP contribution >= 0.6 is 0 Å². The SMILES string of the molecule is C=C(C)/C(C=CC)=C(N=C(C)C)\C(C)=C/C. The first-order chi connectivity index (χ1) is 7.43. The molecule has 0 bridgehead atoms. The van der Waals surface area contributed by atoms with E-state index < -0.39 is 0 Å². The molecule has 0 heterocycles. The number of rotatable bonds is 4. The highest BCUT2D eigenvalue weighted by Crippen LogP contribution is 2.22. The van der Waals surface area contributed by atoms with E-state index >= 15 is 0 Å². The Bertz CT molecular complexity index is 372. The van der Waals surface area contributed by atoms with Gasteiger partial charge >= 0.3 is 0 Å². The van der Waals surface area contributed by atoms with E-state index in [1.165, 1.54) is 5.57 Å². The molecule has 1 heteroatoms. The first-order valence-electron chi connectivity index (χ1n) is 5.62. The van der Waals surface area contributed by atoms with Crippen molar-refractivity contribution in [2.24, 2.45) is 4.99 Å². The summed E-state index contributed by atoms with van der Waals surface area (Å²) < 4.78 is 0. The summed E-state index contributed by atoms with van der Waals surface area (Å²) in [5, 5.41) is 0. The van der Waals surface area contributed by atoms with E-state index in [4.69, 9.17) is 0 Å². The zero-order valence-corrected chi connectivity index (χ0v) is 11.4. The second-order valence-electron chi connectivity index (χ2n) is 4.07. The average Bonchev–Trinajstić information content (AvgIpc) is 2.21. The summed E-state index contributed by atoms with van der Waals surface area (Å²) in [6.07, 6.45) is 6.17. The number of hydrogen-bond acceptors (Lipinski definition) is 1. The minimum absolute atomic E-state index is 1.02. The molecule has 1 nitrogen and oxygen atoms in total. The predicted molar refractivity (Wildman–Crippen MR) is 74.9 cm³/mol. The molecule has 16 heavy (non-hydrogen) atoms. The Labute approximate surface area is 100.0 Å². The molecule has 0 amide bonds. The molecular formula is C15H23N. The fourth-order valence-corrected chi connectivity index (χ4v) is 1.31. The van der Waals surface area contributed by atoms with Gasteiger partial charge in [0.05, 0.1) is 5.70 Å². The number of allylic oxidation sites excluding steroid dienone is 6. The first kappa shape index (κ1) is 14.6. The van der Waals surface area contributed by atoms with Crippen LogP contribution in [-0.2, 0) is 0 Å². The molecule has 88 valence electrons. The molecule has 0 saturated heterocycles. The van der Waals surface area contributed by atoms with Gasteiger partial charge in [0.2, 0.25) is 0 Å². The van der Waals surface area contributed by atoms with E-state index in [0.29, 0.717) is 0 Å². The monoisotopic (exact) mass is 217 g/mol. The third-order valence-corrected chi connectivity index (χ3v) is 2.19. The maximum absolute atomic E-state index is 4.60. The lowest BCUT2D eigenvalue weighted by Crippen LogP contribution is -1.94. The molecule has 0 aromatic carbocycles. The van der Waals surface area contributed by atoms with Crippen molar-refractivity contribution in [1.29, 1.82) is 0 Å². The molecule has 0 radical (unpaired) electrons. The van der Waals surface area contributed by atoms with Gasteiger partial charge in [-0.2, -0.15) is 0 Å². The van der Waals surface area contributed by atoms with Crippen LogP contribution in [0, 0.1) is 0 Å². The highest BCUT2D eigenvalue weighted by Gasteiger charge is 2.05. The Morgan fingerprint density at radius 3 is 1.94 bits per heavy atom. The van der Waals surface area contributed by atoms with Crippen LogP contribution in [0.15, 0.2) is 52.2 Å². The quantitative estimate of drug-likeness (QED) is 0.472. The summed E-state index contributed by atoms with van der Waals surface area (Å²) in [6, 6.07) is 0. The van der Waals surface area contributed by atoms with Crippen LogP contribution in [-0.4, -0.2) is 5.71 Å². The predicted octanol–water partition coefficient (Wildman–Crippen LogP) is 4.84. The molecule has 0 N–H and O–H groups in total. The Kier molecular flexibility index (Phi) is 6.40. The fraction of sp³-hybridized carbons (Fsp3) is 0.400. The molecule has 0 unspecified atom stereocenters. The summed E-state index contributed by atoms with van der Waals surface area (Å²) in [6.45, 7) is 16.2. The van der Waals surface area contributed by atoms with Crippen LogP contribution in [0.3, 0.4) is 0 Å². The summed E-state index contributed by atoms with van der Waals surface area (Å²) >= 11 is 0. The van der Waals surface area contributed by atoms with Crippen LogP contribution in [0.5, 0.6) is 0 Å². The maximum atomic E-state index is 4.60. The molecule has 0 aliphatic rings. The average molecular weight is 217 g/mol. The van der Waals surface area contributed by atoms with Gasteiger partial charge in [-0.25, -0.2) is 0 Å². The minimum Gasteiger partial charge on any atom is -0.258 e. The number of aliphatic imine (C=N–C) groups is 1. The van der Waals surface area contributed by atoms with Crippen molar-refractivity contribution in [3.05, 3.63) is 47.2 Å². The van der Waals surface area contributed by atoms with E-state index in [2.05, 4.69) is 30.6 Å². The Morgan fingerprint density at radius 2 is 1.62 bits per heavy atom. The topological polar surface area (TPSA) is 12.4 Å². The summed E-state index contributed by atoms with van der Waals surface area (Å²) in [5.74, 6) is 0. The molecular weight excluding hydrogens is 194 g/mol. The van der Waals surface area contributed by atoms with E-state index in [0.717, 1.165) is 22.6 Å². The summed E-state index contributed by atoms with van der Waals surface area (Å²) in [4.78, 5) is 4.60. The van der Waals surface area contributed by atoms with Crippen molar-refractivity contribution in [2.45, 2.75) is 41.5 Å². The molecule has 0 aromatic heterocycles. The number of hydrogen-bond donors (Lipinski definition) is 0. The molecule has 0 atom stereocenters. The van der Waals surface area contributed by atoms with Gasteiger partial charge in [0.25, 0.3) is 0 Å². The molecule has 0 spiro atoms. The standard InChI is InChI=1S/C15H23N/c1-8-10-14(11(3)4)15(13(7)9-2)16-12(5)6/h8-10H,3H2,1-2,4-7H3/b10-8?,13-9-,15-14+. The highest BCUT2D eigenvalue weighted by atomic mass is 14.8. The largest absolute Gasteiger partial charge is 0.258 e. The molecule has 0 saturated carbocycles. The van der Waals surface area contributed by atoms with Gasteiger partial charge in [-0.1, -0.05) is 24.8 Å². The van der Waals surface area contributed by atoms with E-state index in [1.807, 2.05) is 40.7 Å². The van der Waals surface area contributed by atoms with Crippen molar-refractivity contribution < 1.29 is 0 Å². The summed E-state index contributed by atoms with van der Waals surface area (Å²) in [7, 11) is 0. The number of nitrogens with zero attached hydrogens (tertiary/aromatic N) is 1. The normalized spacial score (nSPS) is 13.8. The van der Waals surface area contributed by atoms with Gasteiger partial charge in [0.15, 0.2) is 0 Å². The van der Waals surface area contributed by atoms with Crippen molar-refractivity contribution in [3.63, 3.8) is 0 Å². The van der Waals surface area contributed by atoms with Crippen LogP contribution < -0.4 is 0 Å². The van der Waals surface area contributed by atoms with Gasteiger partial charge < -0.3 is 0 Å². The second kappa shape index (κ2) is 7.00. The lowest BCUT2D eigenvalue weighted by atomic mass is 10.0. The third kappa shape index (κ3) is 4.43. The Balaban J connectivity index is 5.85. The highest BCUT2D eigenvalue weighted by molar-refractivity contribution is 5.81. The van der Waals surface area contributed by atoms with Crippen molar-refractivity contribution in [3.8, 4) is 0 Å². The molecule has 0 aliphatic heterocycles. The Hall–Kier alpha value is -1.37. The fourth-order valence-electron chi connectivity index (χ4n) is 1.31. The van der Waals surface area contributed by atoms with Crippen molar-refractivity contribution in [2.75, 3.05) is 0 Å². The van der Waals surface area contributed by atoms with Gasteiger partial charge in [0, 0.05) is 11.3 Å². The van der Waals surface area contributed by atoms with E-state index in [9.17, 15) is 0 Å². The van der Waals surface area contributed by atoms with Gasteiger partial charge in [-0.05, 0) is 52.7 Å². The maximum Gasteiger partial charge on any atom is 0.0729 e. The summed E-state index contributed by atoms with van der Waals surface area (Å²) in [5.41, 5.74) is 5.41. The third-order valence-electron chi connectivity index (χ3n) is 2.19. The zero-order valence-electron chi connectivity index (χ0n) is 11.4. The van der Waals surface area contributed by atoms with Crippen LogP contribution in [0.1, 0.15) is 41.5 Å². The van der Waals surface area contributed by atoms with Crippen LogP contribution in [0.4, 0.5) is 0 Å². The molecule has 0 fully saturated rings. The zero-order chi connectivity index (χ0) is 12.7.